The Morgan fingerprint density at radius 1 is 1.54 bits per heavy atom. The van der Waals surface area contributed by atoms with Gasteiger partial charge in [-0.25, -0.2) is 4.39 Å². The van der Waals surface area contributed by atoms with Gasteiger partial charge in [0.1, 0.15) is 0 Å². The molecule has 0 aliphatic rings. The zero-order valence-electron chi connectivity index (χ0n) is 7.31. The molecule has 0 bridgehead atoms. The van der Waals surface area contributed by atoms with Crippen molar-refractivity contribution in [3.63, 3.8) is 0 Å². The first-order valence-corrected chi connectivity index (χ1v) is 4.71. The smallest absolute Gasteiger partial charge is 0.169 e. The van der Waals surface area contributed by atoms with Crippen LogP contribution >= 0.6 is 15.9 Å². The first-order valence-electron chi connectivity index (χ1n) is 3.91. The normalized spacial score (nSPS) is 10.2. The van der Waals surface area contributed by atoms with Gasteiger partial charge < -0.3 is 10.5 Å². The van der Waals surface area contributed by atoms with Gasteiger partial charge in [-0.2, -0.15) is 0 Å². The van der Waals surface area contributed by atoms with Gasteiger partial charge in [-0.1, -0.05) is 6.07 Å². The molecular formula is C9H11BrFNO. The van der Waals surface area contributed by atoms with E-state index in [4.69, 9.17) is 10.5 Å². The highest BCUT2D eigenvalue weighted by Crippen LogP contribution is 2.29. The fourth-order valence-corrected chi connectivity index (χ4v) is 1.58. The van der Waals surface area contributed by atoms with Gasteiger partial charge in [0.2, 0.25) is 0 Å². The molecule has 2 N–H and O–H groups in total. The summed E-state index contributed by atoms with van der Waals surface area (Å²) in [4.78, 5) is 0. The first-order chi connectivity index (χ1) is 6.20. The van der Waals surface area contributed by atoms with Crippen molar-refractivity contribution < 1.29 is 9.13 Å². The monoisotopic (exact) mass is 247 g/mol. The van der Waals surface area contributed by atoms with Crippen LogP contribution in [-0.2, 0) is 6.42 Å². The average molecular weight is 248 g/mol. The molecular weight excluding hydrogens is 237 g/mol. The van der Waals surface area contributed by atoms with Crippen LogP contribution in [0.5, 0.6) is 5.75 Å². The van der Waals surface area contributed by atoms with Gasteiger partial charge in [-0.05, 0) is 40.5 Å². The number of hydrogen-bond acceptors (Lipinski definition) is 2. The highest BCUT2D eigenvalue weighted by atomic mass is 79.9. The number of methoxy groups -OCH3 is 1. The van der Waals surface area contributed by atoms with Gasteiger partial charge in [-0.3, -0.25) is 0 Å². The van der Waals surface area contributed by atoms with Crippen molar-refractivity contribution in [1.29, 1.82) is 0 Å². The van der Waals surface area contributed by atoms with Crippen LogP contribution in [0.25, 0.3) is 0 Å². The van der Waals surface area contributed by atoms with E-state index in [0.29, 0.717) is 23.0 Å². The molecule has 0 aliphatic heterocycles. The third kappa shape index (κ3) is 2.19. The molecule has 1 aromatic carbocycles. The Labute approximate surface area is 85.0 Å². The van der Waals surface area contributed by atoms with Gasteiger partial charge >= 0.3 is 0 Å². The zero-order valence-corrected chi connectivity index (χ0v) is 8.90. The van der Waals surface area contributed by atoms with Crippen LogP contribution in [0.15, 0.2) is 16.6 Å². The SMILES string of the molecule is COc1c(Br)ccc(CCN)c1F. The Morgan fingerprint density at radius 3 is 2.77 bits per heavy atom. The van der Waals surface area contributed by atoms with E-state index in [1.54, 1.807) is 12.1 Å². The molecule has 72 valence electrons. The summed E-state index contributed by atoms with van der Waals surface area (Å²) >= 11 is 3.20. The summed E-state index contributed by atoms with van der Waals surface area (Å²) in [5.74, 6) is -0.0896. The summed E-state index contributed by atoms with van der Waals surface area (Å²) in [7, 11) is 1.44. The van der Waals surface area contributed by atoms with E-state index in [1.165, 1.54) is 7.11 Å². The number of benzene rings is 1. The second kappa shape index (κ2) is 4.58. The predicted molar refractivity (Wildman–Crippen MR) is 53.4 cm³/mol. The second-order valence-electron chi connectivity index (χ2n) is 2.59. The van der Waals surface area contributed by atoms with E-state index in [-0.39, 0.29) is 11.6 Å². The summed E-state index contributed by atoms with van der Waals surface area (Å²) in [6.07, 6.45) is 0.523. The largest absolute Gasteiger partial charge is 0.492 e. The van der Waals surface area contributed by atoms with Crippen molar-refractivity contribution in [3.05, 3.63) is 28.0 Å². The van der Waals surface area contributed by atoms with Gasteiger partial charge in [0.15, 0.2) is 11.6 Å². The third-order valence-electron chi connectivity index (χ3n) is 1.75. The Hall–Kier alpha value is -0.610. The van der Waals surface area contributed by atoms with Gasteiger partial charge in [0, 0.05) is 0 Å². The number of nitrogens with two attached hydrogens (primary N) is 1. The van der Waals surface area contributed by atoms with Crippen molar-refractivity contribution in [3.8, 4) is 5.75 Å². The lowest BCUT2D eigenvalue weighted by atomic mass is 10.1. The van der Waals surface area contributed by atoms with E-state index < -0.39 is 0 Å². The summed E-state index contributed by atoms with van der Waals surface area (Å²) in [5, 5.41) is 0. The topological polar surface area (TPSA) is 35.2 Å². The number of rotatable bonds is 3. The Morgan fingerprint density at radius 2 is 2.23 bits per heavy atom. The average Bonchev–Trinajstić information content (AvgIpc) is 2.11. The van der Waals surface area contributed by atoms with Crippen LogP contribution in [0.1, 0.15) is 5.56 Å². The molecule has 0 aliphatic carbocycles. The van der Waals surface area contributed by atoms with Gasteiger partial charge in [0.05, 0.1) is 11.6 Å². The molecule has 0 unspecified atom stereocenters. The lowest BCUT2D eigenvalue weighted by Crippen LogP contribution is -2.05. The summed E-state index contributed by atoms with van der Waals surface area (Å²) in [6.45, 7) is 0.432. The maximum atomic E-state index is 13.5. The van der Waals surface area contributed by atoms with E-state index in [1.807, 2.05) is 0 Å². The highest BCUT2D eigenvalue weighted by Gasteiger charge is 2.11. The van der Waals surface area contributed by atoms with Crippen molar-refractivity contribution in [2.24, 2.45) is 5.73 Å². The van der Waals surface area contributed by atoms with Crippen LogP contribution < -0.4 is 10.5 Å². The minimum Gasteiger partial charge on any atom is -0.492 e. The maximum Gasteiger partial charge on any atom is 0.169 e. The fraction of sp³-hybridized carbons (Fsp3) is 0.333. The van der Waals surface area contributed by atoms with E-state index in [2.05, 4.69) is 15.9 Å². The molecule has 13 heavy (non-hydrogen) atoms. The number of hydrogen-bond donors (Lipinski definition) is 1. The van der Waals surface area contributed by atoms with Crippen molar-refractivity contribution in [2.45, 2.75) is 6.42 Å². The lowest BCUT2D eigenvalue weighted by Gasteiger charge is -2.08. The highest BCUT2D eigenvalue weighted by molar-refractivity contribution is 9.10. The van der Waals surface area contributed by atoms with E-state index in [0.717, 1.165) is 0 Å². The van der Waals surface area contributed by atoms with Crippen LogP contribution in [0, 0.1) is 5.82 Å². The quantitative estimate of drug-likeness (QED) is 0.888. The third-order valence-corrected chi connectivity index (χ3v) is 2.37. The van der Waals surface area contributed by atoms with E-state index in [9.17, 15) is 4.39 Å². The summed E-state index contributed by atoms with van der Waals surface area (Å²) < 4.78 is 19.0. The summed E-state index contributed by atoms with van der Waals surface area (Å²) in [5.41, 5.74) is 5.93. The minimum absolute atomic E-state index is 0.242. The molecule has 0 radical (unpaired) electrons. The van der Waals surface area contributed by atoms with Crippen LogP contribution in [-0.4, -0.2) is 13.7 Å². The van der Waals surface area contributed by atoms with Crippen molar-refractivity contribution in [2.75, 3.05) is 13.7 Å². The molecule has 0 atom stereocenters. The lowest BCUT2D eigenvalue weighted by molar-refractivity contribution is 0.381. The van der Waals surface area contributed by atoms with Crippen molar-refractivity contribution in [1.82, 2.24) is 0 Å². The zero-order chi connectivity index (χ0) is 9.84. The molecule has 0 saturated carbocycles. The molecule has 1 rings (SSSR count). The number of ether oxygens (including phenoxy) is 1. The van der Waals surface area contributed by atoms with Gasteiger partial charge in [-0.15, -0.1) is 0 Å². The Bertz CT molecular complexity index is 304. The molecule has 4 heteroatoms. The van der Waals surface area contributed by atoms with Crippen LogP contribution in [0.3, 0.4) is 0 Å². The van der Waals surface area contributed by atoms with Gasteiger partial charge in [0.25, 0.3) is 0 Å². The molecule has 0 heterocycles. The van der Waals surface area contributed by atoms with Crippen LogP contribution in [0.4, 0.5) is 4.39 Å². The molecule has 0 fully saturated rings. The van der Waals surface area contributed by atoms with Crippen molar-refractivity contribution >= 4 is 15.9 Å². The first kappa shape index (κ1) is 10.5. The summed E-state index contributed by atoms with van der Waals surface area (Å²) in [6, 6.07) is 3.46. The Kier molecular flexibility index (Phi) is 3.69. The fourth-order valence-electron chi connectivity index (χ4n) is 1.11. The van der Waals surface area contributed by atoms with E-state index >= 15 is 0 Å². The minimum atomic E-state index is -0.331. The number of halogens is 2. The molecule has 0 saturated heterocycles. The molecule has 2 nitrogen and oxygen atoms in total. The maximum absolute atomic E-state index is 13.5. The molecule has 0 aromatic heterocycles. The predicted octanol–water partition coefficient (Wildman–Crippen LogP) is 2.10. The second-order valence-corrected chi connectivity index (χ2v) is 3.45. The molecule has 1 aromatic rings. The standard InChI is InChI=1S/C9H11BrFNO/c1-13-9-7(10)3-2-6(4-5-12)8(9)11/h2-3H,4-5,12H2,1H3. The molecule has 0 spiro atoms. The molecule has 0 amide bonds. The Balaban J connectivity index is 3.11. The van der Waals surface area contributed by atoms with Crippen LogP contribution in [0.2, 0.25) is 0 Å².